The molecule has 43 heavy (non-hydrogen) atoms. The molecule has 0 N–H and O–H groups in total. The first-order valence-corrected chi connectivity index (χ1v) is 16.0. The second-order valence-electron chi connectivity index (χ2n) is 11.0. The lowest BCUT2D eigenvalue weighted by molar-refractivity contribution is -0.254. The molecule has 226 valence electrons. The van der Waals surface area contributed by atoms with Crippen molar-refractivity contribution in [3.63, 3.8) is 0 Å². The summed E-state index contributed by atoms with van der Waals surface area (Å²) in [6.07, 6.45) is -1.50. The van der Waals surface area contributed by atoms with Crippen molar-refractivity contribution in [2.45, 2.75) is 75.4 Å². The molecule has 0 aromatic heterocycles. The van der Waals surface area contributed by atoms with Crippen LogP contribution in [-0.4, -0.2) is 41.7 Å². The van der Waals surface area contributed by atoms with Gasteiger partial charge in [0, 0.05) is 5.25 Å². The van der Waals surface area contributed by atoms with Gasteiger partial charge >= 0.3 is 0 Å². The average molecular weight is 599 g/mol. The van der Waals surface area contributed by atoms with Crippen LogP contribution < -0.4 is 0 Å². The minimum atomic E-state index is -0.413. The molecule has 0 aliphatic carbocycles. The molecule has 4 aromatic carbocycles. The fourth-order valence-corrected chi connectivity index (χ4v) is 6.26. The Kier molecular flexibility index (Phi) is 12.3. The lowest BCUT2D eigenvalue weighted by Gasteiger charge is -2.46. The van der Waals surface area contributed by atoms with E-state index in [1.807, 2.05) is 72.8 Å². The van der Waals surface area contributed by atoms with E-state index >= 15 is 0 Å². The largest absolute Gasteiger partial charge is 0.374 e. The number of ether oxygens (including phenoxy) is 5. The molecule has 5 atom stereocenters. The molecule has 1 fully saturated rings. The summed E-state index contributed by atoms with van der Waals surface area (Å²) >= 11 is 1.76. The van der Waals surface area contributed by atoms with Gasteiger partial charge in [-0.15, -0.1) is 11.8 Å². The van der Waals surface area contributed by atoms with Crippen molar-refractivity contribution in [2.75, 3.05) is 6.61 Å². The van der Waals surface area contributed by atoms with Crippen LogP contribution in [0.5, 0.6) is 0 Å². The summed E-state index contributed by atoms with van der Waals surface area (Å²) in [6, 6.07) is 40.9. The highest BCUT2D eigenvalue weighted by Crippen LogP contribution is 2.37. The minimum Gasteiger partial charge on any atom is -0.374 e. The molecule has 6 heteroatoms. The van der Waals surface area contributed by atoms with Crippen LogP contribution in [-0.2, 0) is 50.1 Å². The summed E-state index contributed by atoms with van der Waals surface area (Å²) in [5, 5.41) is 0.329. The lowest BCUT2D eigenvalue weighted by atomic mass is 9.98. The molecule has 0 spiro atoms. The van der Waals surface area contributed by atoms with E-state index in [-0.39, 0.29) is 23.7 Å². The number of hydrogen-bond acceptors (Lipinski definition) is 6. The van der Waals surface area contributed by atoms with Crippen molar-refractivity contribution < 1.29 is 23.7 Å². The van der Waals surface area contributed by atoms with Gasteiger partial charge in [-0.05, 0) is 22.3 Å². The predicted octanol–water partition coefficient (Wildman–Crippen LogP) is 7.83. The molecule has 5 rings (SSSR count). The molecule has 0 bridgehead atoms. The zero-order valence-corrected chi connectivity index (χ0v) is 25.8. The zero-order chi connectivity index (χ0) is 29.7. The summed E-state index contributed by atoms with van der Waals surface area (Å²) in [6.45, 7) is 6.57. The van der Waals surface area contributed by atoms with Gasteiger partial charge in [0.25, 0.3) is 0 Å². The smallest absolute Gasteiger partial charge is 0.132 e. The second kappa shape index (κ2) is 16.8. The number of thioether (sulfide) groups is 1. The molecule has 4 aromatic rings. The van der Waals surface area contributed by atoms with E-state index in [2.05, 4.69) is 62.4 Å². The summed E-state index contributed by atoms with van der Waals surface area (Å²) in [5.74, 6) is 0. The van der Waals surface area contributed by atoms with Crippen molar-refractivity contribution in [3.8, 4) is 0 Å². The highest BCUT2D eigenvalue weighted by molar-refractivity contribution is 8.00. The molecular formula is C37H42O5S. The number of rotatable bonds is 15. The Labute approximate surface area is 260 Å². The Hall–Kier alpha value is -2.97. The van der Waals surface area contributed by atoms with Gasteiger partial charge in [0.05, 0.1) is 33.0 Å². The molecule has 5 nitrogen and oxygen atoms in total. The van der Waals surface area contributed by atoms with E-state index in [1.54, 1.807) is 11.8 Å². The van der Waals surface area contributed by atoms with E-state index in [1.165, 1.54) is 0 Å². The van der Waals surface area contributed by atoms with Gasteiger partial charge in [-0.2, -0.15) is 0 Å². The monoisotopic (exact) mass is 598 g/mol. The molecule has 0 radical (unpaired) electrons. The van der Waals surface area contributed by atoms with Crippen LogP contribution in [0.15, 0.2) is 121 Å². The maximum absolute atomic E-state index is 6.83. The van der Waals surface area contributed by atoms with Crippen LogP contribution in [0, 0.1) is 0 Å². The molecule has 1 aliphatic rings. The molecular weight excluding hydrogens is 556 g/mol. The van der Waals surface area contributed by atoms with E-state index < -0.39 is 6.10 Å². The summed E-state index contributed by atoms with van der Waals surface area (Å²) in [7, 11) is 0. The van der Waals surface area contributed by atoms with Crippen LogP contribution in [0.25, 0.3) is 0 Å². The van der Waals surface area contributed by atoms with Gasteiger partial charge in [-0.1, -0.05) is 135 Å². The topological polar surface area (TPSA) is 46.2 Å². The quantitative estimate of drug-likeness (QED) is 0.139. The van der Waals surface area contributed by atoms with Gasteiger partial charge < -0.3 is 23.7 Å². The van der Waals surface area contributed by atoms with Crippen molar-refractivity contribution in [2.24, 2.45) is 0 Å². The van der Waals surface area contributed by atoms with E-state index in [0.29, 0.717) is 38.3 Å². The molecule has 0 unspecified atom stereocenters. The van der Waals surface area contributed by atoms with Crippen molar-refractivity contribution in [3.05, 3.63) is 144 Å². The van der Waals surface area contributed by atoms with Gasteiger partial charge in [-0.3, -0.25) is 0 Å². The Balaban J connectivity index is 1.42. The predicted molar refractivity (Wildman–Crippen MR) is 173 cm³/mol. The normalized spacial score (nSPS) is 22.1. The summed E-state index contributed by atoms with van der Waals surface area (Å²) < 4.78 is 33.3. The van der Waals surface area contributed by atoms with Crippen molar-refractivity contribution >= 4 is 11.8 Å². The van der Waals surface area contributed by atoms with Crippen LogP contribution in [0.1, 0.15) is 36.1 Å². The fourth-order valence-electron chi connectivity index (χ4n) is 5.12. The third-order valence-electron chi connectivity index (χ3n) is 7.25. The van der Waals surface area contributed by atoms with Crippen LogP contribution in [0.3, 0.4) is 0 Å². The van der Waals surface area contributed by atoms with Crippen molar-refractivity contribution in [1.29, 1.82) is 0 Å². The molecule has 0 amide bonds. The second-order valence-corrected chi connectivity index (χ2v) is 12.7. The third-order valence-corrected chi connectivity index (χ3v) is 8.44. The maximum Gasteiger partial charge on any atom is 0.132 e. The van der Waals surface area contributed by atoms with Gasteiger partial charge in [-0.25, -0.2) is 0 Å². The van der Waals surface area contributed by atoms with Crippen molar-refractivity contribution in [1.82, 2.24) is 0 Å². The van der Waals surface area contributed by atoms with Gasteiger partial charge in [0.1, 0.15) is 29.9 Å². The molecule has 1 saturated heterocycles. The molecule has 0 saturated carbocycles. The van der Waals surface area contributed by atoms with Crippen LogP contribution in [0.4, 0.5) is 0 Å². The Morgan fingerprint density at radius 2 is 0.930 bits per heavy atom. The number of benzene rings is 4. The standard InChI is InChI=1S/C37H42O5S/c1-28(2)43-37-36(41-26-32-21-13-6-14-22-32)35(40-25-31-19-11-5-12-20-31)34(39-24-30-17-9-4-10-18-30)33(42-37)27-38-23-29-15-7-3-8-16-29/h3-22,28,33-37H,23-27H2,1-2H3/t33-,34-,35+,36-,37-/m1/s1. The SMILES string of the molecule is CC(C)S[C@H]1O[C@H](COCc2ccccc2)[C@@H](OCc2ccccc2)[C@H](OCc2ccccc2)[C@H]1OCc1ccccc1. The first-order chi connectivity index (χ1) is 21.2. The fraction of sp³-hybridized carbons (Fsp3) is 0.351. The van der Waals surface area contributed by atoms with Gasteiger partial charge in [0.2, 0.25) is 0 Å². The third kappa shape index (κ3) is 9.77. The first-order valence-electron chi connectivity index (χ1n) is 15.0. The Morgan fingerprint density at radius 3 is 1.37 bits per heavy atom. The lowest BCUT2D eigenvalue weighted by Crippen LogP contribution is -2.60. The highest BCUT2D eigenvalue weighted by atomic mass is 32.2. The summed E-state index contributed by atoms with van der Waals surface area (Å²) in [5.41, 5.74) is 4.16. The Bertz CT molecular complexity index is 1310. The zero-order valence-electron chi connectivity index (χ0n) is 25.0. The van der Waals surface area contributed by atoms with E-state index in [0.717, 1.165) is 22.3 Å². The van der Waals surface area contributed by atoms with E-state index in [4.69, 9.17) is 23.7 Å². The Morgan fingerprint density at radius 1 is 0.535 bits per heavy atom. The van der Waals surface area contributed by atoms with E-state index in [9.17, 15) is 0 Å². The maximum atomic E-state index is 6.83. The average Bonchev–Trinajstić information content (AvgIpc) is 3.04. The van der Waals surface area contributed by atoms with Crippen LogP contribution in [0.2, 0.25) is 0 Å². The molecule has 1 heterocycles. The molecule has 1 aliphatic heterocycles. The number of hydrogen-bond donors (Lipinski definition) is 0. The first kappa shape index (κ1) is 31.5. The summed E-state index contributed by atoms with van der Waals surface area (Å²) in [4.78, 5) is 0. The van der Waals surface area contributed by atoms with Crippen LogP contribution >= 0.6 is 11.8 Å². The minimum absolute atomic E-state index is 0.258. The van der Waals surface area contributed by atoms with Gasteiger partial charge in [0.15, 0.2) is 0 Å². The highest BCUT2D eigenvalue weighted by Gasteiger charge is 2.48.